The molecule has 8 nitrogen and oxygen atoms in total. The molecule has 0 radical (unpaired) electrons. The monoisotopic (exact) mass is 481 g/mol. The first-order chi connectivity index (χ1) is 16.6. The van der Waals surface area contributed by atoms with Gasteiger partial charge in [0.1, 0.15) is 12.6 Å². The number of carboxylic acid groups (broad SMARTS) is 1. The predicted molar refractivity (Wildman–Crippen MR) is 134 cm³/mol. The van der Waals surface area contributed by atoms with Gasteiger partial charge in [-0.3, -0.25) is 4.79 Å². The Morgan fingerprint density at radius 1 is 1.03 bits per heavy atom. The molecule has 0 saturated heterocycles. The smallest absolute Gasteiger partial charge is 0.407 e. The van der Waals surface area contributed by atoms with Crippen LogP contribution >= 0.6 is 0 Å². The third-order valence-electron chi connectivity index (χ3n) is 6.45. The van der Waals surface area contributed by atoms with E-state index in [4.69, 9.17) is 4.74 Å². The third-order valence-corrected chi connectivity index (χ3v) is 6.45. The Morgan fingerprint density at radius 2 is 1.60 bits per heavy atom. The van der Waals surface area contributed by atoms with Gasteiger partial charge in [-0.05, 0) is 49.2 Å². The van der Waals surface area contributed by atoms with Crippen molar-refractivity contribution in [1.82, 2.24) is 15.5 Å². The molecule has 0 bridgehead atoms. The molecule has 2 aromatic carbocycles. The topological polar surface area (TPSA) is 108 Å². The van der Waals surface area contributed by atoms with E-state index >= 15 is 0 Å². The number of fused-ring (bicyclic) bond motifs is 3. The Bertz CT molecular complexity index is 1020. The molecule has 0 aliphatic heterocycles. The van der Waals surface area contributed by atoms with Crippen molar-refractivity contribution >= 4 is 18.0 Å². The number of nitrogens with zero attached hydrogens (tertiary/aromatic N) is 1. The van der Waals surface area contributed by atoms with Gasteiger partial charge in [-0.2, -0.15) is 0 Å². The number of alkyl carbamates (subject to hydrolysis) is 1. The summed E-state index contributed by atoms with van der Waals surface area (Å²) in [6.07, 6.45) is 0.100. The Morgan fingerprint density at radius 3 is 2.14 bits per heavy atom. The van der Waals surface area contributed by atoms with Crippen molar-refractivity contribution in [3.05, 3.63) is 59.7 Å². The number of benzene rings is 2. The van der Waals surface area contributed by atoms with Crippen LogP contribution in [0.25, 0.3) is 11.1 Å². The zero-order valence-electron chi connectivity index (χ0n) is 20.8. The summed E-state index contributed by atoms with van der Waals surface area (Å²) >= 11 is 0. The Labute approximate surface area is 206 Å². The van der Waals surface area contributed by atoms with Crippen molar-refractivity contribution in [2.24, 2.45) is 5.41 Å². The van der Waals surface area contributed by atoms with E-state index in [0.717, 1.165) is 22.3 Å². The van der Waals surface area contributed by atoms with Crippen LogP contribution in [0.2, 0.25) is 0 Å². The van der Waals surface area contributed by atoms with Gasteiger partial charge in [-0.1, -0.05) is 62.4 Å². The van der Waals surface area contributed by atoms with Crippen LogP contribution in [-0.4, -0.2) is 67.8 Å². The molecule has 1 aliphatic carbocycles. The lowest BCUT2D eigenvalue weighted by Crippen LogP contribution is -2.48. The van der Waals surface area contributed by atoms with Gasteiger partial charge >= 0.3 is 12.1 Å². The Hall–Kier alpha value is -3.39. The summed E-state index contributed by atoms with van der Waals surface area (Å²) in [5.74, 6) is -1.45. The minimum Gasteiger partial charge on any atom is -0.480 e. The summed E-state index contributed by atoms with van der Waals surface area (Å²) in [5.41, 5.74) is 3.75. The van der Waals surface area contributed by atoms with Gasteiger partial charge < -0.3 is 25.4 Å². The first-order valence-corrected chi connectivity index (χ1v) is 11.9. The fourth-order valence-electron chi connectivity index (χ4n) is 4.24. The molecule has 3 N–H and O–H groups in total. The summed E-state index contributed by atoms with van der Waals surface area (Å²) in [4.78, 5) is 38.5. The highest BCUT2D eigenvalue weighted by atomic mass is 16.5. The first kappa shape index (κ1) is 26.2. The zero-order chi connectivity index (χ0) is 25.6. The van der Waals surface area contributed by atoms with Gasteiger partial charge in [0.25, 0.3) is 0 Å². The molecule has 1 aliphatic rings. The highest BCUT2D eigenvalue weighted by molar-refractivity contribution is 5.87. The molecule has 1 atom stereocenters. The number of hydrogen-bond acceptors (Lipinski definition) is 5. The summed E-state index contributed by atoms with van der Waals surface area (Å²) in [6.45, 7) is 4.45. The fraction of sp³-hybridized carbons (Fsp3) is 0.444. The maximum absolute atomic E-state index is 12.7. The van der Waals surface area contributed by atoms with Crippen molar-refractivity contribution in [2.45, 2.75) is 38.6 Å². The average Bonchev–Trinajstić information content (AvgIpc) is 3.13. The number of hydrogen-bond donors (Lipinski definition) is 3. The van der Waals surface area contributed by atoms with Crippen LogP contribution in [0.3, 0.4) is 0 Å². The molecule has 0 saturated carbocycles. The quantitative estimate of drug-likeness (QED) is 0.454. The highest BCUT2D eigenvalue weighted by Crippen LogP contribution is 2.44. The molecular formula is C27H35N3O5. The van der Waals surface area contributed by atoms with Crippen molar-refractivity contribution in [3.8, 4) is 11.1 Å². The minimum atomic E-state index is -1.06. The van der Waals surface area contributed by atoms with Gasteiger partial charge in [-0.15, -0.1) is 0 Å². The highest BCUT2D eigenvalue weighted by Gasteiger charge is 2.32. The second kappa shape index (κ2) is 11.4. The standard InChI is InChI=1S/C27H35N3O5/c1-27(2,25(33)29-23(24(31)32)13-16-30(3)4)14-15-28-26(34)35-17-22-20-11-7-5-9-18(20)19-10-6-8-12-21(19)22/h5-12,22-23H,13-17H2,1-4H3,(H,28,34)(H,29,33)(H,31,32). The van der Waals surface area contributed by atoms with E-state index in [1.165, 1.54) is 0 Å². The van der Waals surface area contributed by atoms with Crippen LogP contribution in [-0.2, 0) is 14.3 Å². The van der Waals surface area contributed by atoms with E-state index in [1.807, 2.05) is 43.3 Å². The van der Waals surface area contributed by atoms with Crippen molar-refractivity contribution in [3.63, 3.8) is 0 Å². The molecule has 0 spiro atoms. The Balaban J connectivity index is 1.48. The van der Waals surface area contributed by atoms with Crippen LogP contribution in [0.15, 0.2) is 48.5 Å². The molecule has 0 heterocycles. The van der Waals surface area contributed by atoms with Crippen LogP contribution in [0.1, 0.15) is 43.7 Å². The van der Waals surface area contributed by atoms with Gasteiger partial charge in [-0.25, -0.2) is 9.59 Å². The first-order valence-electron chi connectivity index (χ1n) is 11.9. The third kappa shape index (κ3) is 6.60. The number of carbonyl (C=O) groups is 3. The zero-order valence-corrected chi connectivity index (χ0v) is 20.8. The maximum atomic E-state index is 12.7. The number of ether oxygens (including phenoxy) is 1. The van der Waals surface area contributed by atoms with Crippen LogP contribution < -0.4 is 10.6 Å². The molecule has 0 fully saturated rings. The van der Waals surface area contributed by atoms with Crippen molar-refractivity contribution < 1.29 is 24.2 Å². The van der Waals surface area contributed by atoms with E-state index in [2.05, 4.69) is 34.9 Å². The summed E-state index contributed by atoms with van der Waals surface area (Å²) < 4.78 is 5.53. The van der Waals surface area contributed by atoms with Crippen molar-refractivity contribution in [1.29, 1.82) is 0 Å². The van der Waals surface area contributed by atoms with Gasteiger partial charge in [0.2, 0.25) is 5.91 Å². The predicted octanol–water partition coefficient (Wildman–Crippen LogP) is 3.46. The summed E-state index contributed by atoms with van der Waals surface area (Å²) in [6, 6.07) is 15.3. The lowest BCUT2D eigenvalue weighted by Gasteiger charge is -2.26. The molecule has 0 aromatic heterocycles. The number of carboxylic acids is 1. The number of rotatable bonds is 11. The molecular weight excluding hydrogens is 446 g/mol. The average molecular weight is 482 g/mol. The lowest BCUT2D eigenvalue weighted by molar-refractivity contribution is -0.143. The van der Waals surface area contributed by atoms with E-state index in [1.54, 1.807) is 13.8 Å². The second-order valence-corrected chi connectivity index (χ2v) is 9.84. The van der Waals surface area contributed by atoms with Gasteiger partial charge in [0, 0.05) is 24.4 Å². The summed E-state index contributed by atoms with van der Waals surface area (Å²) in [7, 11) is 3.69. The maximum Gasteiger partial charge on any atom is 0.407 e. The molecule has 3 rings (SSSR count). The molecule has 2 amide bonds. The van der Waals surface area contributed by atoms with E-state index < -0.39 is 23.5 Å². The largest absolute Gasteiger partial charge is 0.480 e. The van der Waals surface area contributed by atoms with Crippen molar-refractivity contribution in [2.75, 3.05) is 33.8 Å². The second-order valence-electron chi connectivity index (χ2n) is 9.84. The minimum absolute atomic E-state index is 0.0227. The SMILES string of the molecule is CN(C)CCC(NC(=O)C(C)(C)CCNC(=O)OCC1c2ccccc2-c2ccccc21)C(=O)O. The molecule has 2 aromatic rings. The van der Waals surface area contributed by atoms with Gasteiger partial charge in [0.05, 0.1) is 0 Å². The van der Waals surface area contributed by atoms with Crippen LogP contribution in [0.5, 0.6) is 0 Å². The summed E-state index contributed by atoms with van der Waals surface area (Å²) in [5, 5.41) is 14.8. The molecule has 188 valence electrons. The van der Waals surface area contributed by atoms with E-state index in [-0.39, 0.29) is 25.0 Å². The number of carbonyl (C=O) groups excluding carboxylic acids is 2. The molecule has 1 unspecified atom stereocenters. The van der Waals surface area contributed by atoms with E-state index in [0.29, 0.717) is 19.4 Å². The molecule has 8 heteroatoms. The molecule has 35 heavy (non-hydrogen) atoms. The van der Waals surface area contributed by atoms with Gasteiger partial charge in [0.15, 0.2) is 0 Å². The number of nitrogens with one attached hydrogen (secondary N) is 2. The number of aliphatic carboxylic acids is 1. The fourth-order valence-corrected chi connectivity index (χ4v) is 4.24. The lowest BCUT2D eigenvalue weighted by atomic mass is 9.87. The number of amides is 2. The van der Waals surface area contributed by atoms with Crippen LogP contribution in [0, 0.1) is 5.41 Å². The Kier molecular flexibility index (Phi) is 8.51. The van der Waals surface area contributed by atoms with Crippen LogP contribution in [0.4, 0.5) is 4.79 Å². The normalized spacial score (nSPS) is 13.6. The van der Waals surface area contributed by atoms with E-state index in [9.17, 15) is 19.5 Å².